The molecule has 0 saturated carbocycles. The molecule has 0 atom stereocenters. The van der Waals surface area contributed by atoms with Crippen LogP contribution in [0.2, 0.25) is 39.3 Å². The van der Waals surface area contributed by atoms with Gasteiger partial charge in [-0.25, -0.2) is 0 Å². The summed E-state index contributed by atoms with van der Waals surface area (Å²) in [5, 5.41) is 0. The van der Waals surface area contributed by atoms with Gasteiger partial charge in [-0.1, -0.05) is 69.1 Å². The fraction of sp³-hybridized carbons (Fsp3) is 0.400. The zero-order valence-electron chi connectivity index (χ0n) is 15.7. The van der Waals surface area contributed by atoms with Crippen LogP contribution in [0.5, 0.6) is 5.75 Å². The fourth-order valence-electron chi connectivity index (χ4n) is 1.96. The summed E-state index contributed by atoms with van der Waals surface area (Å²) in [7, 11) is -0.804. The van der Waals surface area contributed by atoms with Crippen molar-refractivity contribution in [2.45, 2.75) is 45.7 Å². The molecule has 0 saturated heterocycles. The molecular formula is C20H30OSi2. The molecule has 23 heavy (non-hydrogen) atoms. The highest BCUT2D eigenvalue weighted by molar-refractivity contribution is 6.83. The van der Waals surface area contributed by atoms with Crippen LogP contribution in [0.25, 0.3) is 5.57 Å². The van der Waals surface area contributed by atoms with E-state index >= 15 is 0 Å². The summed E-state index contributed by atoms with van der Waals surface area (Å²) >= 11 is 0. The van der Waals surface area contributed by atoms with Crippen LogP contribution in [0.4, 0.5) is 0 Å². The van der Waals surface area contributed by atoms with Crippen molar-refractivity contribution in [2.24, 2.45) is 0 Å². The molecule has 0 spiro atoms. The van der Waals surface area contributed by atoms with E-state index in [4.69, 9.17) is 4.74 Å². The topological polar surface area (TPSA) is 9.23 Å². The zero-order valence-corrected chi connectivity index (χ0v) is 17.7. The lowest BCUT2D eigenvalue weighted by molar-refractivity contribution is 0.414. The minimum atomic E-state index is -1.35. The van der Waals surface area contributed by atoms with E-state index in [-0.39, 0.29) is 0 Å². The van der Waals surface area contributed by atoms with Crippen molar-refractivity contribution in [3.63, 3.8) is 0 Å². The standard InChI is InChI=1S/C20H30OSi2/c1-21-20-14-8-11-19(17-20)18(12-9-15-22(2,3)4)13-10-16-23(5,6)7/h8-9,11,13-15,17H,12H2,1-7H3/b15-9+,18-13-. The Kier molecular flexibility index (Phi) is 7.12. The quantitative estimate of drug-likeness (QED) is 0.486. The maximum atomic E-state index is 5.35. The minimum Gasteiger partial charge on any atom is -0.497 e. The first-order valence-corrected chi connectivity index (χ1v) is 15.2. The molecule has 1 aromatic carbocycles. The average molecular weight is 343 g/mol. The molecule has 0 bridgehead atoms. The zero-order chi connectivity index (χ0) is 17.5. The summed E-state index contributed by atoms with van der Waals surface area (Å²) in [6.07, 6.45) is 5.30. The van der Waals surface area contributed by atoms with Crippen molar-refractivity contribution < 1.29 is 4.74 Å². The van der Waals surface area contributed by atoms with E-state index in [1.807, 2.05) is 12.1 Å². The van der Waals surface area contributed by atoms with Crippen molar-refractivity contribution >= 4 is 21.7 Å². The third-order valence-corrected chi connectivity index (χ3v) is 5.22. The van der Waals surface area contributed by atoms with E-state index in [1.54, 1.807) is 7.11 Å². The molecule has 0 unspecified atom stereocenters. The molecule has 1 aromatic rings. The normalized spacial score (nSPS) is 12.9. The van der Waals surface area contributed by atoms with E-state index in [1.165, 1.54) is 11.1 Å². The molecule has 0 aliphatic carbocycles. The maximum absolute atomic E-state index is 5.35. The Morgan fingerprint density at radius 1 is 1.13 bits per heavy atom. The average Bonchev–Trinajstić information content (AvgIpc) is 2.43. The van der Waals surface area contributed by atoms with Gasteiger partial charge in [0.15, 0.2) is 0 Å². The Morgan fingerprint density at radius 3 is 2.39 bits per heavy atom. The Hall–Kier alpha value is -1.51. The number of benzene rings is 1. The van der Waals surface area contributed by atoms with Crippen molar-refractivity contribution in [2.75, 3.05) is 7.11 Å². The Morgan fingerprint density at radius 2 is 1.83 bits per heavy atom. The van der Waals surface area contributed by atoms with Crippen molar-refractivity contribution in [3.05, 3.63) is 47.7 Å². The number of allylic oxidation sites excluding steroid dienone is 3. The van der Waals surface area contributed by atoms with Crippen LogP contribution in [-0.2, 0) is 0 Å². The summed E-state index contributed by atoms with van der Waals surface area (Å²) < 4.78 is 5.35. The number of rotatable bonds is 5. The van der Waals surface area contributed by atoms with E-state index in [0.717, 1.165) is 12.2 Å². The highest BCUT2D eigenvalue weighted by Crippen LogP contribution is 2.23. The van der Waals surface area contributed by atoms with Gasteiger partial charge < -0.3 is 4.74 Å². The smallest absolute Gasteiger partial charge is 0.129 e. The van der Waals surface area contributed by atoms with Crippen molar-refractivity contribution in [3.8, 4) is 17.2 Å². The van der Waals surface area contributed by atoms with E-state index in [9.17, 15) is 0 Å². The molecule has 0 heterocycles. The number of methoxy groups -OCH3 is 1. The Bertz CT molecular complexity index is 632. The number of hydrogen-bond donors (Lipinski definition) is 0. The monoisotopic (exact) mass is 342 g/mol. The van der Waals surface area contributed by atoms with Crippen molar-refractivity contribution in [1.29, 1.82) is 0 Å². The van der Waals surface area contributed by atoms with E-state index in [0.29, 0.717) is 0 Å². The van der Waals surface area contributed by atoms with Gasteiger partial charge in [0, 0.05) is 0 Å². The van der Waals surface area contributed by atoms with Gasteiger partial charge in [-0.2, -0.15) is 0 Å². The van der Waals surface area contributed by atoms with Gasteiger partial charge in [0.05, 0.1) is 15.2 Å². The van der Waals surface area contributed by atoms with Crippen molar-refractivity contribution in [1.82, 2.24) is 0 Å². The molecule has 124 valence electrons. The van der Waals surface area contributed by atoms with E-state index < -0.39 is 16.1 Å². The fourth-order valence-corrected chi connectivity index (χ4v) is 3.29. The lowest BCUT2D eigenvalue weighted by atomic mass is 10.0. The second-order valence-corrected chi connectivity index (χ2v) is 17.7. The lowest BCUT2D eigenvalue weighted by Crippen LogP contribution is -2.16. The number of ether oxygens (including phenoxy) is 1. The molecule has 0 aromatic heterocycles. The van der Waals surface area contributed by atoms with Crippen LogP contribution in [0.1, 0.15) is 12.0 Å². The largest absolute Gasteiger partial charge is 0.497 e. The highest BCUT2D eigenvalue weighted by Gasteiger charge is 2.08. The van der Waals surface area contributed by atoms with Gasteiger partial charge in [-0.05, 0) is 35.8 Å². The first-order chi connectivity index (χ1) is 10.6. The van der Waals surface area contributed by atoms with Gasteiger partial charge in [0.2, 0.25) is 0 Å². The second-order valence-electron chi connectivity index (χ2n) is 7.89. The van der Waals surface area contributed by atoms with Gasteiger partial charge in [-0.3, -0.25) is 0 Å². The molecule has 1 rings (SSSR count). The van der Waals surface area contributed by atoms with Gasteiger partial charge in [-0.15, -0.1) is 5.54 Å². The summed E-state index contributed by atoms with van der Waals surface area (Å²) in [4.78, 5) is 0. The maximum Gasteiger partial charge on any atom is 0.129 e. The Labute approximate surface area is 144 Å². The summed E-state index contributed by atoms with van der Waals surface area (Å²) in [5.74, 6) is 4.18. The summed E-state index contributed by atoms with van der Waals surface area (Å²) in [6, 6.07) is 8.24. The van der Waals surface area contributed by atoms with Crippen LogP contribution in [0.3, 0.4) is 0 Å². The van der Waals surface area contributed by atoms with Gasteiger partial charge in [0.1, 0.15) is 13.8 Å². The second kappa shape index (κ2) is 8.38. The molecule has 0 N–H and O–H groups in total. The van der Waals surface area contributed by atoms with Crippen LogP contribution in [-0.4, -0.2) is 23.3 Å². The predicted octanol–water partition coefficient (Wildman–Crippen LogP) is 5.78. The molecule has 0 aliphatic heterocycles. The molecular weight excluding hydrogens is 312 g/mol. The molecule has 0 aliphatic rings. The molecule has 0 fully saturated rings. The lowest BCUT2D eigenvalue weighted by Gasteiger charge is -2.10. The molecule has 0 amide bonds. The summed E-state index contributed by atoms with van der Waals surface area (Å²) in [6.45, 7) is 13.9. The first-order valence-electron chi connectivity index (χ1n) is 8.14. The Balaban J connectivity index is 3.11. The third-order valence-electron chi connectivity index (χ3n) is 3.09. The minimum absolute atomic E-state index is 0.890. The highest BCUT2D eigenvalue weighted by atomic mass is 28.3. The van der Waals surface area contributed by atoms with Crippen LogP contribution in [0.15, 0.2) is 42.1 Å². The molecule has 0 radical (unpaired) electrons. The SMILES string of the molecule is COc1cccc(/C(=C\C#C[Si](C)(C)C)C/C=C/[Si](C)(C)C)c1. The van der Waals surface area contributed by atoms with Crippen LogP contribution < -0.4 is 4.74 Å². The number of hydrogen-bond acceptors (Lipinski definition) is 1. The van der Waals surface area contributed by atoms with Gasteiger partial charge in [0.25, 0.3) is 0 Å². The van der Waals surface area contributed by atoms with Gasteiger partial charge >= 0.3 is 0 Å². The molecule has 1 nitrogen and oxygen atoms in total. The van der Waals surface area contributed by atoms with E-state index in [2.05, 4.69) is 80.7 Å². The summed E-state index contributed by atoms with van der Waals surface area (Å²) in [5.41, 5.74) is 8.26. The van der Waals surface area contributed by atoms with Crippen LogP contribution in [0, 0.1) is 11.5 Å². The molecule has 3 heteroatoms. The third kappa shape index (κ3) is 8.63. The van der Waals surface area contributed by atoms with Crippen LogP contribution >= 0.6 is 0 Å². The first kappa shape index (κ1) is 19.5. The predicted molar refractivity (Wildman–Crippen MR) is 109 cm³/mol.